The predicted molar refractivity (Wildman–Crippen MR) is 191 cm³/mol. The summed E-state index contributed by atoms with van der Waals surface area (Å²) in [6.45, 7) is -2.04. The Balaban J connectivity index is 2.20. The van der Waals surface area contributed by atoms with E-state index in [2.05, 4.69) is 0 Å². The summed E-state index contributed by atoms with van der Waals surface area (Å²) in [6.07, 6.45) is 1.77. The third-order valence-corrected chi connectivity index (χ3v) is 8.05. The first kappa shape index (κ1) is 46.2. The summed E-state index contributed by atoms with van der Waals surface area (Å²) in [5.74, 6) is -2.52. The lowest BCUT2D eigenvalue weighted by atomic mass is 10.1. The van der Waals surface area contributed by atoms with Gasteiger partial charge in [0, 0.05) is 40.5 Å². The molecule has 2 N–H and O–H groups in total. The van der Waals surface area contributed by atoms with Gasteiger partial charge in [0.25, 0.3) is 0 Å². The standard InChI is InChI=1S/C33H52N6O16/c1-24(41)23-55-27(44)11-14-36-29(46)34(12-9-25(42)53-20-8-6-4-5-7-19-51-2)28(45)35(30(36)47)13-10-26(43)54-22-17-39-32(49)37(15-18-40)31(48)38(33(39)50)16-21-52-3/h24,40-41H,4-23H2,1-3H3. The lowest BCUT2D eigenvalue weighted by Crippen LogP contribution is -2.55. The van der Waals surface area contributed by atoms with Gasteiger partial charge in [0.1, 0.15) is 13.2 Å². The van der Waals surface area contributed by atoms with E-state index in [0.717, 1.165) is 30.3 Å². The zero-order chi connectivity index (χ0) is 40.9. The Labute approximate surface area is 314 Å². The zero-order valence-corrected chi connectivity index (χ0v) is 31.5. The zero-order valence-electron chi connectivity index (χ0n) is 31.5. The van der Waals surface area contributed by atoms with Crippen molar-refractivity contribution in [3.8, 4) is 0 Å². The molecule has 2 heterocycles. The van der Waals surface area contributed by atoms with E-state index >= 15 is 0 Å². The highest BCUT2D eigenvalue weighted by atomic mass is 16.5. The van der Waals surface area contributed by atoms with Gasteiger partial charge in [-0.05, 0) is 19.8 Å². The van der Waals surface area contributed by atoms with E-state index in [1.807, 2.05) is 0 Å². The van der Waals surface area contributed by atoms with Gasteiger partial charge in [0.15, 0.2) is 0 Å². The highest BCUT2D eigenvalue weighted by Gasteiger charge is 2.20. The van der Waals surface area contributed by atoms with Gasteiger partial charge in [0.2, 0.25) is 0 Å². The van der Waals surface area contributed by atoms with E-state index in [1.165, 1.54) is 14.0 Å². The second kappa shape index (κ2) is 24.5. The van der Waals surface area contributed by atoms with E-state index < -0.39 is 123 Å². The number of aromatic nitrogens is 6. The summed E-state index contributed by atoms with van der Waals surface area (Å²) < 4.78 is 28.9. The molecule has 55 heavy (non-hydrogen) atoms. The van der Waals surface area contributed by atoms with Crippen LogP contribution in [-0.4, -0.2) is 115 Å². The average Bonchev–Trinajstić information content (AvgIpc) is 3.14. The Bertz CT molecular complexity index is 1920. The van der Waals surface area contributed by atoms with Crippen LogP contribution in [0.25, 0.3) is 0 Å². The van der Waals surface area contributed by atoms with E-state index in [4.69, 9.17) is 23.7 Å². The molecule has 0 saturated carbocycles. The fourth-order valence-electron chi connectivity index (χ4n) is 5.15. The predicted octanol–water partition coefficient (Wildman–Crippen LogP) is -3.23. The van der Waals surface area contributed by atoms with Crippen molar-refractivity contribution in [3.63, 3.8) is 0 Å². The molecule has 22 nitrogen and oxygen atoms in total. The minimum Gasteiger partial charge on any atom is -0.466 e. The molecule has 0 amide bonds. The largest absolute Gasteiger partial charge is 0.466 e. The van der Waals surface area contributed by atoms with Gasteiger partial charge in [0.05, 0.1) is 64.8 Å². The van der Waals surface area contributed by atoms with Crippen LogP contribution in [0.1, 0.15) is 58.3 Å². The second-order valence-electron chi connectivity index (χ2n) is 12.3. The molecule has 0 aliphatic rings. The van der Waals surface area contributed by atoms with Crippen molar-refractivity contribution in [2.75, 3.05) is 53.9 Å². The van der Waals surface area contributed by atoms with Gasteiger partial charge < -0.3 is 33.9 Å². The summed E-state index contributed by atoms with van der Waals surface area (Å²) in [5.41, 5.74) is -6.43. The first-order valence-corrected chi connectivity index (χ1v) is 17.9. The maximum atomic E-state index is 13.4. The highest BCUT2D eigenvalue weighted by molar-refractivity contribution is 5.70. The summed E-state index contributed by atoms with van der Waals surface area (Å²) >= 11 is 0. The quantitative estimate of drug-likeness (QED) is 0.0512. The van der Waals surface area contributed by atoms with E-state index in [-0.39, 0.29) is 26.4 Å². The summed E-state index contributed by atoms with van der Waals surface area (Å²) in [5, 5.41) is 18.7. The van der Waals surface area contributed by atoms with Crippen molar-refractivity contribution in [2.45, 2.75) is 104 Å². The van der Waals surface area contributed by atoms with Crippen LogP contribution in [0.4, 0.5) is 0 Å². The minimum atomic E-state index is -1.16. The maximum absolute atomic E-state index is 13.4. The number of methoxy groups -OCH3 is 2. The van der Waals surface area contributed by atoms with Crippen molar-refractivity contribution in [1.82, 2.24) is 27.4 Å². The maximum Gasteiger partial charge on any atom is 0.336 e. The van der Waals surface area contributed by atoms with Gasteiger partial charge in [-0.2, -0.15) is 0 Å². The molecule has 1 atom stereocenters. The number of rotatable bonds is 27. The van der Waals surface area contributed by atoms with Crippen LogP contribution in [0.15, 0.2) is 28.8 Å². The summed E-state index contributed by atoms with van der Waals surface area (Å²) in [6, 6.07) is 0. The molecule has 0 spiro atoms. The number of nitrogens with zero attached hydrogens (tertiary/aromatic N) is 6. The number of unbranched alkanes of at least 4 members (excludes halogenated alkanes) is 4. The minimum absolute atomic E-state index is 0.0383. The fourth-order valence-corrected chi connectivity index (χ4v) is 5.15. The Hall–Kier alpha value is -4.93. The van der Waals surface area contributed by atoms with Crippen molar-refractivity contribution in [2.24, 2.45) is 0 Å². The van der Waals surface area contributed by atoms with Crippen LogP contribution in [0.5, 0.6) is 0 Å². The first-order valence-electron chi connectivity index (χ1n) is 17.9. The van der Waals surface area contributed by atoms with Crippen LogP contribution >= 0.6 is 0 Å². The molecule has 0 bridgehead atoms. The molecule has 22 heteroatoms. The molecule has 0 aliphatic heterocycles. The Morgan fingerprint density at radius 3 is 1.25 bits per heavy atom. The molecule has 2 rings (SSSR count). The molecule has 1 unspecified atom stereocenters. The number of aliphatic hydroxyl groups is 2. The second-order valence-corrected chi connectivity index (χ2v) is 12.3. The van der Waals surface area contributed by atoms with Gasteiger partial charge in [-0.25, -0.2) is 56.2 Å². The monoisotopic (exact) mass is 788 g/mol. The van der Waals surface area contributed by atoms with Crippen molar-refractivity contribution in [1.29, 1.82) is 0 Å². The van der Waals surface area contributed by atoms with Crippen LogP contribution in [0.2, 0.25) is 0 Å². The third-order valence-electron chi connectivity index (χ3n) is 8.05. The molecule has 0 aromatic carbocycles. The van der Waals surface area contributed by atoms with Gasteiger partial charge in [-0.15, -0.1) is 0 Å². The fraction of sp³-hybridized carbons (Fsp3) is 0.727. The Morgan fingerprint density at radius 2 is 0.836 bits per heavy atom. The van der Waals surface area contributed by atoms with Crippen molar-refractivity contribution in [3.05, 3.63) is 62.9 Å². The number of esters is 3. The van der Waals surface area contributed by atoms with Crippen molar-refractivity contribution >= 4 is 17.9 Å². The lowest BCUT2D eigenvalue weighted by molar-refractivity contribution is -0.146. The summed E-state index contributed by atoms with van der Waals surface area (Å²) in [4.78, 5) is 116. The van der Waals surface area contributed by atoms with E-state index in [1.54, 1.807) is 7.11 Å². The number of hydrogen-bond donors (Lipinski definition) is 2. The van der Waals surface area contributed by atoms with Crippen molar-refractivity contribution < 1.29 is 48.3 Å². The molecule has 310 valence electrons. The smallest absolute Gasteiger partial charge is 0.336 e. The average molecular weight is 789 g/mol. The van der Waals surface area contributed by atoms with Gasteiger partial charge in [-0.1, -0.05) is 19.3 Å². The molecule has 0 fully saturated rings. The number of hydrogen-bond acceptors (Lipinski definition) is 16. The SMILES string of the molecule is COCCCCCCCOC(=O)CCn1c(=O)n(CCC(=O)OCCn2c(=O)n(CCO)c(=O)n(CCOC)c2=O)c(=O)n(CCC(=O)OCC(C)O)c1=O. The van der Waals surface area contributed by atoms with Gasteiger partial charge >= 0.3 is 52.0 Å². The summed E-state index contributed by atoms with van der Waals surface area (Å²) in [7, 11) is 2.97. The number of aliphatic hydroxyl groups excluding tert-OH is 2. The number of carbonyl (C=O) groups is 3. The molecule has 0 aliphatic carbocycles. The Kier molecular flexibility index (Phi) is 20.6. The lowest BCUT2D eigenvalue weighted by Gasteiger charge is -2.14. The molecule has 2 aromatic rings. The first-order chi connectivity index (χ1) is 26.3. The molecular weight excluding hydrogens is 736 g/mol. The molecule has 2 aromatic heterocycles. The van der Waals surface area contributed by atoms with Crippen LogP contribution in [-0.2, 0) is 77.3 Å². The van der Waals surface area contributed by atoms with Crippen LogP contribution in [0.3, 0.4) is 0 Å². The normalized spacial score (nSPS) is 11.7. The third kappa shape index (κ3) is 14.7. The van der Waals surface area contributed by atoms with E-state index in [9.17, 15) is 53.4 Å². The molecule has 0 radical (unpaired) electrons. The van der Waals surface area contributed by atoms with Crippen LogP contribution in [0, 0.1) is 0 Å². The number of carbonyl (C=O) groups excluding carboxylic acids is 3. The Morgan fingerprint density at radius 1 is 0.491 bits per heavy atom. The van der Waals surface area contributed by atoms with E-state index in [0.29, 0.717) is 35.9 Å². The number of ether oxygens (including phenoxy) is 5. The van der Waals surface area contributed by atoms with Gasteiger partial charge in [-0.3, -0.25) is 14.4 Å². The topological polar surface area (TPSA) is 270 Å². The highest BCUT2D eigenvalue weighted by Crippen LogP contribution is 2.04. The molecule has 0 saturated heterocycles. The van der Waals surface area contributed by atoms with Crippen LogP contribution < -0.4 is 34.1 Å². The molecular formula is C33H52N6O16.